The fourth-order valence-corrected chi connectivity index (χ4v) is 3.99. The van der Waals surface area contributed by atoms with Crippen LogP contribution in [-0.2, 0) is 0 Å². The highest BCUT2D eigenvalue weighted by Gasteiger charge is 2.11. The highest BCUT2D eigenvalue weighted by Crippen LogP contribution is 2.32. The van der Waals surface area contributed by atoms with Crippen LogP contribution in [-0.4, -0.2) is 16.3 Å². The lowest BCUT2D eigenvalue weighted by atomic mass is 9.98. The quantitative estimate of drug-likeness (QED) is 0.294. The molecule has 1 N–H and O–H groups in total. The van der Waals surface area contributed by atoms with Crippen LogP contribution < -0.4 is 0 Å². The van der Waals surface area contributed by atoms with Crippen LogP contribution in [0, 0.1) is 0 Å². The monoisotopic (exact) mass is 482 g/mol. The van der Waals surface area contributed by atoms with E-state index in [9.17, 15) is 5.11 Å². The van der Waals surface area contributed by atoms with E-state index in [0.29, 0.717) is 23.1 Å². The van der Waals surface area contributed by atoms with Crippen molar-refractivity contribution in [1.82, 2.24) is 4.98 Å². The van der Waals surface area contributed by atoms with Gasteiger partial charge in [-0.2, -0.15) is 0 Å². The number of hydrogen-bond donors (Lipinski definition) is 1. The predicted octanol–water partition coefficient (Wildman–Crippen LogP) is 7.88. The highest BCUT2D eigenvalue weighted by atomic mass is 79.9. The number of rotatable bonds is 5. The van der Waals surface area contributed by atoms with Crippen LogP contribution in [0.2, 0.25) is 5.02 Å². The molecule has 0 saturated carbocycles. The molecule has 0 spiro atoms. The fraction of sp³-hybridized carbons (Fsp3) is 0.167. The third-order valence-corrected chi connectivity index (χ3v) is 5.84. The van der Waals surface area contributed by atoms with Crippen molar-refractivity contribution in [2.45, 2.75) is 26.2 Å². The molecule has 4 rings (SSSR count). The van der Waals surface area contributed by atoms with Crippen molar-refractivity contribution in [2.24, 2.45) is 4.99 Å². The maximum atomic E-state index is 10.1. The molecule has 0 aliphatic carbocycles. The van der Waals surface area contributed by atoms with Crippen molar-refractivity contribution in [2.75, 3.05) is 0 Å². The first kappa shape index (κ1) is 20.6. The van der Waals surface area contributed by atoms with Gasteiger partial charge >= 0.3 is 0 Å². The van der Waals surface area contributed by atoms with E-state index in [2.05, 4.69) is 51.9 Å². The first-order valence-electron chi connectivity index (χ1n) is 9.67. The Labute approximate surface area is 188 Å². The van der Waals surface area contributed by atoms with Gasteiger partial charge in [0.25, 0.3) is 0 Å². The SMILES string of the molecule is CC[C@H](C)c1ccc2oc(-c3cccc(N=Cc4cc(Br)cc(Cl)c4O)c3)nc2c1. The Kier molecular flexibility index (Phi) is 5.93. The van der Waals surface area contributed by atoms with Crippen molar-refractivity contribution in [1.29, 1.82) is 0 Å². The summed E-state index contributed by atoms with van der Waals surface area (Å²) in [4.78, 5) is 9.15. The molecule has 3 aromatic carbocycles. The van der Waals surface area contributed by atoms with Gasteiger partial charge in [0, 0.05) is 21.8 Å². The molecular weight excluding hydrogens is 464 g/mol. The van der Waals surface area contributed by atoms with Crippen molar-refractivity contribution < 1.29 is 9.52 Å². The molecule has 4 nitrogen and oxygen atoms in total. The van der Waals surface area contributed by atoms with E-state index in [1.807, 2.05) is 30.3 Å². The summed E-state index contributed by atoms with van der Waals surface area (Å²) in [5.74, 6) is 1.03. The largest absolute Gasteiger partial charge is 0.506 e. The van der Waals surface area contributed by atoms with Crippen LogP contribution in [0.1, 0.15) is 37.3 Å². The zero-order valence-corrected chi connectivity index (χ0v) is 18.9. The molecule has 0 fully saturated rings. The van der Waals surface area contributed by atoms with Gasteiger partial charge < -0.3 is 9.52 Å². The molecule has 6 heteroatoms. The average Bonchev–Trinajstić information content (AvgIpc) is 3.18. The first-order chi connectivity index (χ1) is 14.4. The second kappa shape index (κ2) is 8.62. The summed E-state index contributed by atoms with van der Waals surface area (Å²) in [5.41, 5.74) is 4.95. The first-order valence-corrected chi connectivity index (χ1v) is 10.8. The van der Waals surface area contributed by atoms with E-state index in [4.69, 9.17) is 16.0 Å². The molecule has 1 atom stereocenters. The Morgan fingerprint density at radius 3 is 2.83 bits per heavy atom. The van der Waals surface area contributed by atoms with Gasteiger partial charge in [0.2, 0.25) is 5.89 Å². The maximum Gasteiger partial charge on any atom is 0.227 e. The standard InChI is InChI=1S/C24H20BrClN2O2/c1-3-14(2)15-7-8-22-21(11-15)28-24(30-22)16-5-4-6-19(10-16)27-13-17-9-18(25)12-20(26)23(17)29/h4-14,29H,3H2,1-2H3/t14-/m0/s1. The number of aliphatic imine (C=N–C) groups is 1. The predicted molar refractivity (Wildman–Crippen MR) is 126 cm³/mol. The normalized spacial score (nSPS) is 12.7. The van der Waals surface area contributed by atoms with Gasteiger partial charge in [0.05, 0.1) is 10.7 Å². The third kappa shape index (κ3) is 4.27. The molecule has 0 amide bonds. The lowest BCUT2D eigenvalue weighted by molar-refractivity contribution is 0.474. The molecule has 0 aliphatic rings. The summed E-state index contributed by atoms with van der Waals surface area (Å²) in [6.45, 7) is 4.39. The number of nitrogens with zero attached hydrogens (tertiary/aromatic N) is 2. The number of phenols is 1. The average molecular weight is 484 g/mol. The molecule has 0 bridgehead atoms. The summed E-state index contributed by atoms with van der Waals surface area (Å²) in [5, 5.41) is 10.4. The van der Waals surface area contributed by atoms with E-state index < -0.39 is 0 Å². The molecule has 4 aromatic rings. The van der Waals surface area contributed by atoms with E-state index in [1.165, 1.54) is 5.56 Å². The van der Waals surface area contributed by atoms with E-state index in [-0.39, 0.29) is 10.8 Å². The van der Waals surface area contributed by atoms with Crippen LogP contribution in [0.5, 0.6) is 5.75 Å². The van der Waals surface area contributed by atoms with E-state index in [0.717, 1.165) is 27.6 Å². The number of hydrogen-bond acceptors (Lipinski definition) is 4. The van der Waals surface area contributed by atoms with Gasteiger partial charge in [0.15, 0.2) is 5.58 Å². The molecule has 0 radical (unpaired) electrons. The van der Waals surface area contributed by atoms with E-state index >= 15 is 0 Å². The van der Waals surface area contributed by atoms with Crippen LogP contribution >= 0.6 is 27.5 Å². The zero-order valence-electron chi connectivity index (χ0n) is 16.6. The molecule has 1 heterocycles. The van der Waals surface area contributed by atoms with Gasteiger partial charge in [-0.3, -0.25) is 4.99 Å². The number of fused-ring (bicyclic) bond motifs is 1. The Morgan fingerprint density at radius 2 is 2.03 bits per heavy atom. The minimum absolute atomic E-state index is 0.00386. The number of aromatic nitrogens is 1. The van der Waals surface area contributed by atoms with Gasteiger partial charge in [0.1, 0.15) is 11.3 Å². The molecule has 30 heavy (non-hydrogen) atoms. The number of benzene rings is 3. The summed E-state index contributed by atoms with van der Waals surface area (Å²) in [6, 6.07) is 17.2. The van der Waals surface area contributed by atoms with Gasteiger partial charge in [-0.05, 0) is 60.4 Å². The van der Waals surface area contributed by atoms with Crippen molar-refractivity contribution in [3.05, 3.63) is 75.2 Å². The smallest absolute Gasteiger partial charge is 0.227 e. The Bertz CT molecular complexity index is 1250. The molecular formula is C24H20BrClN2O2. The summed E-state index contributed by atoms with van der Waals surface area (Å²) in [6.07, 6.45) is 2.66. The van der Waals surface area contributed by atoms with Gasteiger partial charge in [-0.1, -0.05) is 53.5 Å². The second-order valence-electron chi connectivity index (χ2n) is 7.19. The maximum absolute atomic E-state index is 10.1. The fourth-order valence-electron chi connectivity index (χ4n) is 3.16. The molecule has 1 aromatic heterocycles. The number of halogens is 2. The Balaban J connectivity index is 1.65. The van der Waals surface area contributed by atoms with Gasteiger partial charge in [-0.15, -0.1) is 0 Å². The topological polar surface area (TPSA) is 58.6 Å². The highest BCUT2D eigenvalue weighted by molar-refractivity contribution is 9.10. The zero-order chi connectivity index (χ0) is 21.3. The minimum Gasteiger partial charge on any atom is -0.506 e. The molecule has 0 saturated heterocycles. The number of phenolic OH excluding ortho intramolecular Hbond substituents is 1. The van der Waals surface area contributed by atoms with Crippen molar-refractivity contribution in [3.63, 3.8) is 0 Å². The van der Waals surface area contributed by atoms with Crippen LogP contribution in [0.25, 0.3) is 22.6 Å². The third-order valence-electron chi connectivity index (χ3n) is 5.10. The van der Waals surface area contributed by atoms with Crippen LogP contribution in [0.15, 0.2) is 68.5 Å². The summed E-state index contributed by atoms with van der Waals surface area (Å²) in [7, 11) is 0. The molecule has 0 unspecified atom stereocenters. The van der Waals surface area contributed by atoms with Crippen molar-refractivity contribution >= 4 is 50.5 Å². The Hall–Kier alpha value is -2.63. The number of oxazole rings is 1. The Morgan fingerprint density at radius 1 is 1.20 bits per heavy atom. The van der Waals surface area contributed by atoms with Crippen molar-refractivity contribution in [3.8, 4) is 17.2 Å². The van der Waals surface area contributed by atoms with E-state index in [1.54, 1.807) is 18.3 Å². The van der Waals surface area contributed by atoms with Gasteiger partial charge in [-0.25, -0.2) is 4.98 Å². The second-order valence-corrected chi connectivity index (χ2v) is 8.51. The number of aromatic hydroxyl groups is 1. The minimum atomic E-state index is -0.00386. The summed E-state index contributed by atoms with van der Waals surface area (Å²) < 4.78 is 6.73. The van der Waals surface area contributed by atoms with Crippen LogP contribution in [0.4, 0.5) is 5.69 Å². The molecule has 152 valence electrons. The molecule has 0 aliphatic heterocycles. The lowest BCUT2D eigenvalue weighted by Gasteiger charge is -2.07. The van der Waals surface area contributed by atoms with Crippen LogP contribution in [0.3, 0.4) is 0 Å². The summed E-state index contributed by atoms with van der Waals surface area (Å²) >= 11 is 9.40. The lowest BCUT2D eigenvalue weighted by Crippen LogP contribution is -1.90.